The van der Waals surface area contributed by atoms with Crippen molar-refractivity contribution >= 4 is 16.7 Å². The second-order valence-corrected chi connectivity index (χ2v) is 7.87. The zero-order chi connectivity index (χ0) is 21.3. The van der Waals surface area contributed by atoms with Crippen molar-refractivity contribution in [3.63, 3.8) is 0 Å². The van der Waals surface area contributed by atoms with Crippen molar-refractivity contribution in [2.24, 2.45) is 0 Å². The van der Waals surface area contributed by atoms with E-state index < -0.39 is 5.60 Å². The quantitative estimate of drug-likeness (QED) is 0.289. The Balaban J connectivity index is 1.47. The molecular formula is C28H22O3. The Morgan fingerprint density at radius 3 is 2.23 bits per heavy atom. The maximum atomic E-state index is 12.3. The van der Waals surface area contributed by atoms with Gasteiger partial charge in [-0.05, 0) is 28.1 Å². The van der Waals surface area contributed by atoms with Crippen molar-refractivity contribution in [3.8, 4) is 16.9 Å². The van der Waals surface area contributed by atoms with Gasteiger partial charge in [0.25, 0.3) is 0 Å². The highest BCUT2D eigenvalue weighted by molar-refractivity contribution is 5.91. The maximum absolute atomic E-state index is 12.3. The first-order valence-electron chi connectivity index (χ1n) is 10.3. The van der Waals surface area contributed by atoms with Crippen LogP contribution in [0, 0.1) is 0 Å². The summed E-state index contributed by atoms with van der Waals surface area (Å²) in [6.45, 7) is 4.11. The number of ether oxygens (including phenoxy) is 2. The predicted octanol–water partition coefficient (Wildman–Crippen LogP) is 6.28. The zero-order valence-corrected chi connectivity index (χ0v) is 17.1. The molecule has 4 aromatic carbocycles. The highest BCUT2D eigenvalue weighted by Gasteiger charge is 2.45. The smallest absolute Gasteiger partial charge is 0.334 e. The lowest BCUT2D eigenvalue weighted by atomic mass is 9.89. The standard InChI is InChI=1S/C28H22O3/c1-20-18-28(31-27(20)29,19-30-26-13-7-11-23-10-5-6-12-25(23)26)24-16-14-22(15-17-24)21-8-3-2-4-9-21/h2-17H,1,18-19H2. The molecule has 0 saturated carbocycles. The number of carbonyl (C=O) groups excluding carboxylic acids is 1. The fourth-order valence-corrected chi connectivity index (χ4v) is 4.14. The Morgan fingerprint density at radius 2 is 1.48 bits per heavy atom. The van der Waals surface area contributed by atoms with Gasteiger partial charge in [-0.2, -0.15) is 0 Å². The molecule has 0 radical (unpaired) electrons. The maximum Gasteiger partial charge on any atom is 0.334 e. The molecule has 1 fully saturated rings. The molecule has 3 nitrogen and oxygen atoms in total. The average Bonchev–Trinajstić information content (AvgIpc) is 3.12. The number of benzene rings is 4. The minimum absolute atomic E-state index is 0.219. The van der Waals surface area contributed by atoms with Crippen LogP contribution >= 0.6 is 0 Å². The molecule has 1 aliphatic rings. The molecule has 3 heteroatoms. The van der Waals surface area contributed by atoms with Crippen molar-refractivity contribution in [1.29, 1.82) is 0 Å². The molecule has 0 bridgehead atoms. The molecular weight excluding hydrogens is 384 g/mol. The molecule has 1 atom stereocenters. The molecule has 1 heterocycles. The summed E-state index contributed by atoms with van der Waals surface area (Å²) in [4.78, 5) is 12.3. The Labute approximate surface area is 181 Å². The van der Waals surface area contributed by atoms with Gasteiger partial charge in [-0.1, -0.05) is 97.6 Å². The van der Waals surface area contributed by atoms with Crippen molar-refractivity contribution in [1.82, 2.24) is 0 Å². The van der Waals surface area contributed by atoms with E-state index in [0.717, 1.165) is 33.2 Å². The van der Waals surface area contributed by atoms with Gasteiger partial charge in [0.2, 0.25) is 0 Å². The summed E-state index contributed by atoms with van der Waals surface area (Å²) < 4.78 is 12.1. The van der Waals surface area contributed by atoms with Crippen LogP contribution in [-0.2, 0) is 15.1 Å². The summed E-state index contributed by atoms with van der Waals surface area (Å²) in [6.07, 6.45) is 0.404. The third-order valence-electron chi connectivity index (χ3n) is 5.80. The summed E-state index contributed by atoms with van der Waals surface area (Å²) in [5.41, 5.74) is 2.73. The van der Waals surface area contributed by atoms with Crippen LogP contribution in [0.15, 0.2) is 109 Å². The van der Waals surface area contributed by atoms with Gasteiger partial charge in [0.05, 0.1) is 0 Å². The van der Waals surface area contributed by atoms with E-state index in [1.807, 2.05) is 60.7 Å². The van der Waals surface area contributed by atoms with Gasteiger partial charge in [0, 0.05) is 17.4 Å². The fraction of sp³-hybridized carbons (Fsp3) is 0.107. The molecule has 0 aliphatic carbocycles. The summed E-state index contributed by atoms with van der Waals surface area (Å²) in [5.74, 6) is 0.403. The third kappa shape index (κ3) is 3.59. The fourth-order valence-electron chi connectivity index (χ4n) is 4.14. The lowest BCUT2D eigenvalue weighted by molar-refractivity contribution is -0.150. The number of carbonyl (C=O) groups is 1. The first kappa shape index (κ1) is 19.1. The molecule has 0 spiro atoms. The lowest BCUT2D eigenvalue weighted by Gasteiger charge is -2.28. The Morgan fingerprint density at radius 1 is 0.806 bits per heavy atom. The zero-order valence-electron chi connectivity index (χ0n) is 17.1. The Hall–Kier alpha value is -3.85. The summed E-state index contributed by atoms with van der Waals surface area (Å²) in [5, 5.41) is 2.14. The van der Waals surface area contributed by atoms with E-state index in [4.69, 9.17) is 9.47 Å². The van der Waals surface area contributed by atoms with E-state index >= 15 is 0 Å². The topological polar surface area (TPSA) is 35.5 Å². The van der Waals surface area contributed by atoms with E-state index in [9.17, 15) is 4.79 Å². The van der Waals surface area contributed by atoms with E-state index in [1.54, 1.807) is 0 Å². The highest BCUT2D eigenvalue weighted by Crippen LogP contribution is 2.41. The third-order valence-corrected chi connectivity index (χ3v) is 5.80. The largest absolute Gasteiger partial charge is 0.488 e. The minimum Gasteiger partial charge on any atom is -0.488 e. The molecule has 4 aromatic rings. The Bertz CT molecular complexity index is 1240. The van der Waals surface area contributed by atoms with Crippen LogP contribution in [0.1, 0.15) is 12.0 Å². The molecule has 5 rings (SSSR count). The van der Waals surface area contributed by atoms with Crippen molar-refractivity contribution in [2.75, 3.05) is 6.61 Å². The molecule has 1 saturated heterocycles. The monoisotopic (exact) mass is 406 g/mol. The van der Waals surface area contributed by atoms with Gasteiger partial charge in [0.1, 0.15) is 12.4 Å². The predicted molar refractivity (Wildman–Crippen MR) is 123 cm³/mol. The van der Waals surface area contributed by atoms with E-state index in [-0.39, 0.29) is 12.6 Å². The molecule has 1 unspecified atom stereocenters. The normalized spacial score (nSPS) is 18.2. The van der Waals surface area contributed by atoms with Gasteiger partial charge in [-0.15, -0.1) is 0 Å². The number of esters is 1. The molecule has 152 valence electrons. The lowest BCUT2D eigenvalue weighted by Crippen LogP contribution is -2.33. The van der Waals surface area contributed by atoms with Crippen LogP contribution in [0.5, 0.6) is 5.75 Å². The van der Waals surface area contributed by atoms with E-state index in [0.29, 0.717) is 12.0 Å². The van der Waals surface area contributed by atoms with E-state index in [1.165, 1.54) is 0 Å². The number of fused-ring (bicyclic) bond motifs is 1. The van der Waals surface area contributed by atoms with Gasteiger partial charge >= 0.3 is 5.97 Å². The molecule has 0 aromatic heterocycles. The van der Waals surface area contributed by atoms with Crippen LogP contribution in [0.2, 0.25) is 0 Å². The van der Waals surface area contributed by atoms with Gasteiger partial charge in [-0.3, -0.25) is 0 Å². The minimum atomic E-state index is -0.889. The van der Waals surface area contributed by atoms with Crippen LogP contribution in [0.3, 0.4) is 0 Å². The van der Waals surface area contributed by atoms with Gasteiger partial charge in [0.15, 0.2) is 5.60 Å². The first-order chi connectivity index (χ1) is 15.1. The Kier molecular flexibility index (Phi) is 4.79. The molecule has 1 aliphatic heterocycles. The summed E-state index contributed by atoms with van der Waals surface area (Å²) >= 11 is 0. The number of cyclic esters (lactones) is 1. The van der Waals surface area contributed by atoms with E-state index in [2.05, 4.69) is 43.0 Å². The second-order valence-electron chi connectivity index (χ2n) is 7.87. The molecule has 31 heavy (non-hydrogen) atoms. The summed E-state index contributed by atoms with van der Waals surface area (Å²) in [7, 11) is 0. The van der Waals surface area contributed by atoms with Crippen LogP contribution in [0.25, 0.3) is 21.9 Å². The SMILES string of the molecule is C=C1CC(COc2cccc3ccccc23)(c2ccc(-c3ccccc3)cc2)OC1=O. The molecule has 0 N–H and O–H groups in total. The first-order valence-corrected chi connectivity index (χ1v) is 10.3. The van der Waals surface area contributed by atoms with Crippen LogP contribution < -0.4 is 4.74 Å². The number of hydrogen-bond donors (Lipinski definition) is 0. The van der Waals surface area contributed by atoms with Gasteiger partial charge in [-0.25, -0.2) is 4.79 Å². The second kappa shape index (κ2) is 7.77. The molecule has 0 amide bonds. The summed E-state index contributed by atoms with van der Waals surface area (Å²) in [6, 6.07) is 32.4. The van der Waals surface area contributed by atoms with Crippen molar-refractivity contribution in [2.45, 2.75) is 12.0 Å². The van der Waals surface area contributed by atoms with Crippen molar-refractivity contribution in [3.05, 3.63) is 115 Å². The highest BCUT2D eigenvalue weighted by atomic mass is 16.6. The van der Waals surface area contributed by atoms with Crippen molar-refractivity contribution < 1.29 is 14.3 Å². The van der Waals surface area contributed by atoms with Gasteiger partial charge < -0.3 is 9.47 Å². The average molecular weight is 406 g/mol. The van der Waals surface area contributed by atoms with Crippen LogP contribution in [-0.4, -0.2) is 12.6 Å². The van der Waals surface area contributed by atoms with Crippen LogP contribution in [0.4, 0.5) is 0 Å². The number of hydrogen-bond acceptors (Lipinski definition) is 3. The number of rotatable bonds is 5.